The summed E-state index contributed by atoms with van der Waals surface area (Å²) in [4.78, 5) is 40.6. The van der Waals surface area contributed by atoms with Gasteiger partial charge in [0.1, 0.15) is 12.8 Å². The van der Waals surface area contributed by atoms with Crippen molar-refractivity contribution in [2.75, 3.05) is 13.2 Å². The fraction of sp³-hybridized carbons (Fsp3) is 0.667. The van der Waals surface area contributed by atoms with Crippen LogP contribution in [0.4, 0.5) is 0 Å². The van der Waals surface area contributed by atoms with Gasteiger partial charge >= 0.3 is 23.9 Å². The Morgan fingerprint density at radius 3 is 1.30 bits per heavy atom. The molecule has 0 saturated heterocycles. The maximum absolute atomic E-state index is 10.9. The van der Waals surface area contributed by atoms with E-state index in [0.29, 0.717) is 13.2 Å². The van der Waals surface area contributed by atoms with Crippen molar-refractivity contribution < 1.29 is 38.9 Å². The van der Waals surface area contributed by atoms with E-state index in [1.165, 1.54) is 0 Å². The Balaban J connectivity index is 0. The van der Waals surface area contributed by atoms with Gasteiger partial charge in [-0.15, -0.1) is 0 Å². The van der Waals surface area contributed by atoms with Gasteiger partial charge in [-0.2, -0.15) is 0 Å². The van der Waals surface area contributed by atoms with Crippen LogP contribution in [0.1, 0.15) is 39.5 Å². The Morgan fingerprint density at radius 1 is 0.750 bits per heavy atom. The number of carbonyl (C=O) groups excluding carboxylic acids is 2. The summed E-state index contributed by atoms with van der Waals surface area (Å²) >= 11 is 0. The molecule has 0 aromatic carbocycles. The number of hydrogen-bond acceptors (Lipinski definition) is 6. The van der Waals surface area contributed by atoms with Crippen LogP contribution in [0.25, 0.3) is 0 Å². The van der Waals surface area contributed by atoms with Crippen LogP contribution in [-0.4, -0.2) is 47.3 Å². The first-order valence-corrected chi connectivity index (χ1v) is 6.08. The normalized spacial score (nSPS) is 8.90. The van der Waals surface area contributed by atoms with Gasteiger partial charge in [0.05, 0.1) is 13.2 Å². The molecule has 116 valence electrons. The predicted molar refractivity (Wildman–Crippen MR) is 67.0 cm³/mol. The molecule has 0 aliphatic rings. The van der Waals surface area contributed by atoms with Crippen LogP contribution < -0.4 is 0 Å². The molecule has 0 heterocycles. The third-order valence-electron chi connectivity index (χ3n) is 1.53. The molecular formula is C12H20O8. The second-order valence-corrected chi connectivity index (χ2v) is 3.58. The molecular weight excluding hydrogens is 272 g/mol. The molecule has 0 aromatic rings. The van der Waals surface area contributed by atoms with Crippen LogP contribution in [0.5, 0.6) is 0 Å². The van der Waals surface area contributed by atoms with Crippen molar-refractivity contribution in [3.8, 4) is 0 Å². The van der Waals surface area contributed by atoms with E-state index in [4.69, 9.17) is 19.7 Å². The van der Waals surface area contributed by atoms with Crippen LogP contribution in [0.2, 0.25) is 0 Å². The highest BCUT2D eigenvalue weighted by molar-refractivity contribution is 5.91. The predicted octanol–water partition coefficient (Wildman–Crippen LogP) is 0.829. The van der Waals surface area contributed by atoms with Gasteiger partial charge in [-0.1, -0.05) is 13.8 Å². The average Bonchev–Trinajstić information content (AvgIpc) is 2.32. The Labute approximate surface area is 116 Å². The standard InChI is InChI=1S/C9H16O4.C3H4O4/c1-3-5-12-8(10)7-9(11)13-6-4-2;4-2(5)1-3(6)7/h3-7H2,1-2H3;1H2,(H,4,5)(H,6,7). The summed E-state index contributed by atoms with van der Waals surface area (Å²) in [5, 5.41) is 15.4. The quantitative estimate of drug-likeness (QED) is 0.497. The number of rotatable bonds is 8. The van der Waals surface area contributed by atoms with Crippen LogP contribution in [-0.2, 0) is 28.7 Å². The maximum atomic E-state index is 10.9. The van der Waals surface area contributed by atoms with E-state index in [2.05, 4.69) is 0 Å². The summed E-state index contributed by atoms with van der Waals surface area (Å²) in [6, 6.07) is 0. The van der Waals surface area contributed by atoms with E-state index >= 15 is 0 Å². The van der Waals surface area contributed by atoms with Crippen LogP contribution in [0, 0.1) is 0 Å². The monoisotopic (exact) mass is 292 g/mol. The second-order valence-electron chi connectivity index (χ2n) is 3.58. The molecule has 0 fully saturated rings. The minimum absolute atomic E-state index is 0.278. The van der Waals surface area contributed by atoms with E-state index in [-0.39, 0.29) is 6.42 Å². The summed E-state index contributed by atoms with van der Waals surface area (Å²) in [6.07, 6.45) is 0.436. The van der Waals surface area contributed by atoms with Crippen molar-refractivity contribution in [3.63, 3.8) is 0 Å². The number of carboxylic acid groups (broad SMARTS) is 2. The summed E-state index contributed by atoms with van der Waals surface area (Å²) in [5.74, 6) is -3.65. The third-order valence-corrected chi connectivity index (χ3v) is 1.53. The highest BCUT2D eigenvalue weighted by atomic mass is 16.6. The van der Waals surface area contributed by atoms with Crippen LogP contribution >= 0.6 is 0 Å². The van der Waals surface area contributed by atoms with Crippen molar-refractivity contribution in [1.29, 1.82) is 0 Å². The van der Waals surface area contributed by atoms with Gasteiger partial charge in [-0.3, -0.25) is 19.2 Å². The van der Waals surface area contributed by atoms with E-state index < -0.39 is 30.3 Å². The molecule has 8 heteroatoms. The van der Waals surface area contributed by atoms with E-state index in [0.717, 1.165) is 12.8 Å². The van der Waals surface area contributed by atoms with Crippen LogP contribution in [0.15, 0.2) is 0 Å². The zero-order valence-corrected chi connectivity index (χ0v) is 11.6. The highest BCUT2D eigenvalue weighted by Crippen LogP contribution is 1.93. The van der Waals surface area contributed by atoms with Crippen molar-refractivity contribution in [3.05, 3.63) is 0 Å². The number of carbonyl (C=O) groups is 4. The zero-order chi connectivity index (χ0) is 16.0. The first-order chi connectivity index (χ1) is 9.33. The molecule has 2 N–H and O–H groups in total. The maximum Gasteiger partial charge on any atom is 0.317 e. The largest absolute Gasteiger partial charge is 0.481 e. The molecule has 8 nitrogen and oxygen atoms in total. The molecule has 20 heavy (non-hydrogen) atoms. The molecule has 0 saturated carbocycles. The first-order valence-electron chi connectivity index (χ1n) is 6.08. The smallest absolute Gasteiger partial charge is 0.317 e. The van der Waals surface area contributed by atoms with Gasteiger partial charge in [-0.25, -0.2) is 0 Å². The highest BCUT2D eigenvalue weighted by Gasteiger charge is 2.10. The molecule has 0 unspecified atom stereocenters. The minimum Gasteiger partial charge on any atom is -0.481 e. The summed E-state index contributed by atoms with van der Waals surface area (Å²) in [5.41, 5.74) is 0. The SMILES string of the molecule is CCCOC(=O)CC(=O)OCCC.O=C(O)CC(=O)O. The molecule has 0 rings (SSSR count). The lowest BCUT2D eigenvalue weighted by Crippen LogP contribution is -2.14. The molecule has 0 aromatic heterocycles. The molecule has 0 spiro atoms. The summed E-state index contributed by atoms with van der Waals surface area (Å²) < 4.78 is 9.40. The Morgan fingerprint density at radius 2 is 1.10 bits per heavy atom. The van der Waals surface area contributed by atoms with Crippen molar-refractivity contribution in [2.24, 2.45) is 0 Å². The van der Waals surface area contributed by atoms with Crippen molar-refractivity contribution in [1.82, 2.24) is 0 Å². The lowest BCUT2D eigenvalue weighted by atomic mass is 10.4. The first kappa shape index (κ1) is 20.2. The number of esters is 2. The number of carboxylic acids is 2. The number of hydrogen-bond donors (Lipinski definition) is 2. The van der Waals surface area contributed by atoms with Gasteiger partial charge in [0, 0.05) is 0 Å². The fourth-order valence-electron chi connectivity index (χ4n) is 0.781. The molecule has 0 aliphatic heterocycles. The molecule has 0 amide bonds. The molecule has 0 bridgehead atoms. The Bertz CT molecular complexity index is 293. The van der Waals surface area contributed by atoms with Gasteiger partial charge in [0.15, 0.2) is 0 Å². The third kappa shape index (κ3) is 18.3. The van der Waals surface area contributed by atoms with Gasteiger partial charge in [-0.05, 0) is 12.8 Å². The molecule has 0 atom stereocenters. The fourth-order valence-corrected chi connectivity index (χ4v) is 0.781. The average molecular weight is 292 g/mol. The van der Waals surface area contributed by atoms with Gasteiger partial charge < -0.3 is 19.7 Å². The zero-order valence-electron chi connectivity index (χ0n) is 11.6. The Hall–Kier alpha value is -2.12. The minimum atomic E-state index is -1.31. The van der Waals surface area contributed by atoms with Gasteiger partial charge in [0.2, 0.25) is 0 Å². The Kier molecular flexibility index (Phi) is 13.4. The second kappa shape index (κ2) is 13.3. The molecule has 0 aliphatic carbocycles. The number of ether oxygens (including phenoxy) is 2. The van der Waals surface area contributed by atoms with E-state index in [9.17, 15) is 19.2 Å². The van der Waals surface area contributed by atoms with Crippen LogP contribution in [0.3, 0.4) is 0 Å². The van der Waals surface area contributed by atoms with Crippen molar-refractivity contribution >= 4 is 23.9 Å². The van der Waals surface area contributed by atoms with E-state index in [1.807, 2.05) is 13.8 Å². The summed E-state index contributed by atoms with van der Waals surface area (Å²) in [7, 11) is 0. The lowest BCUT2D eigenvalue weighted by molar-refractivity contribution is -0.155. The summed E-state index contributed by atoms with van der Waals surface area (Å²) in [6.45, 7) is 4.51. The van der Waals surface area contributed by atoms with Gasteiger partial charge in [0.25, 0.3) is 0 Å². The lowest BCUT2D eigenvalue weighted by Gasteiger charge is -2.03. The van der Waals surface area contributed by atoms with Crippen molar-refractivity contribution in [2.45, 2.75) is 39.5 Å². The number of aliphatic carboxylic acids is 2. The van der Waals surface area contributed by atoms with E-state index in [1.54, 1.807) is 0 Å². The topological polar surface area (TPSA) is 127 Å². The molecule has 0 radical (unpaired) electrons.